The molecule has 0 heterocycles. The molecule has 3 aromatic rings. The average molecular weight is 333 g/mol. The van der Waals surface area contributed by atoms with Crippen molar-refractivity contribution in [3.8, 4) is 0 Å². The Labute approximate surface area is 148 Å². The van der Waals surface area contributed by atoms with Gasteiger partial charge in [0.05, 0.1) is 6.42 Å². The Balaban J connectivity index is 1.60. The maximum absolute atomic E-state index is 12.3. The maximum atomic E-state index is 12.3. The fourth-order valence-electron chi connectivity index (χ4n) is 3.10. The lowest BCUT2D eigenvalue weighted by Crippen LogP contribution is -2.30. The Morgan fingerprint density at radius 1 is 0.920 bits per heavy atom. The number of hydrogen-bond donors (Lipinski definition) is 2. The van der Waals surface area contributed by atoms with E-state index in [-0.39, 0.29) is 18.4 Å². The predicted octanol–water partition coefficient (Wildman–Crippen LogP) is 3.66. The fourth-order valence-corrected chi connectivity index (χ4v) is 3.10. The van der Waals surface area contributed by atoms with Crippen LogP contribution in [0.15, 0.2) is 72.8 Å². The Morgan fingerprint density at radius 2 is 1.64 bits per heavy atom. The standard InChI is InChI=1S/C22H23NO2/c24-13-12-21(18-6-2-1-3-7-18)16-23-22(25)15-17-10-11-19-8-4-5-9-20(19)14-17/h1-11,14,21,24H,12-13,15-16H2,(H,23,25). The number of carbonyl (C=O) groups excluding carboxylic acids is 1. The van der Waals surface area contributed by atoms with Crippen molar-refractivity contribution >= 4 is 16.7 Å². The van der Waals surface area contributed by atoms with Crippen LogP contribution in [0.2, 0.25) is 0 Å². The summed E-state index contributed by atoms with van der Waals surface area (Å²) in [6.07, 6.45) is 1.01. The second kappa shape index (κ2) is 8.45. The highest BCUT2D eigenvalue weighted by molar-refractivity contribution is 5.85. The van der Waals surface area contributed by atoms with Gasteiger partial charge in [-0.05, 0) is 28.3 Å². The highest BCUT2D eigenvalue weighted by atomic mass is 16.3. The molecule has 128 valence electrons. The fraction of sp³-hybridized carbons (Fsp3) is 0.227. The van der Waals surface area contributed by atoms with Gasteiger partial charge in [0.25, 0.3) is 0 Å². The third-order valence-electron chi connectivity index (χ3n) is 4.47. The van der Waals surface area contributed by atoms with E-state index in [1.807, 2.05) is 48.5 Å². The van der Waals surface area contributed by atoms with E-state index in [0.29, 0.717) is 19.4 Å². The third-order valence-corrected chi connectivity index (χ3v) is 4.47. The summed E-state index contributed by atoms with van der Waals surface area (Å²) >= 11 is 0. The number of hydrogen-bond acceptors (Lipinski definition) is 2. The molecule has 2 N–H and O–H groups in total. The van der Waals surface area contributed by atoms with Crippen LogP contribution in [0.1, 0.15) is 23.5 Å². The molecule has 3 heteroatoms. The lowest BCUT2D eigenvalue weighted by molar-refractivity contribution is -0.120. The van der Waals surface area contributed by atoms with Crippen molar-refractivity contribution in [3.05, 3.63) is 83.9 Å². The van der Waals surface area contributed by atoms with Crippen molar-refractivity contribution in [2.24, 2.45) is 0 Å². The van der Waals surface area contributed by atoms with Gasteiger partial charge in [0.15, 0.2) is 0 Å². The minimum Gasteiger partial charge on any atom is -0.396 e. The summed E-state index contributed by atoms with van der Waals surface area (Å²) in [5.41, 5.74) is 2.15. The van der Waals surface area contributed by atoms with E-state index < -0.39 is 0 Å². The molecule has 1 amide bonds. The molecule has 0 spiro atoms. The number of fused-ring (bicyclic) bond motifs is 1. The zero-order valence-electron chi connectivity index (χ0n) is 14.2. The lowest BCUT2D eigenvalue weighted by atomic mass is 9.96. The average Bonchev–Trinajstić information content (AvgIpc) is 2.66. The first-order chi connectivity index (χ1) is 12.3. The van der Waals surface area contributed by atoms with E-state index in [1.54, 1.807) is 0 Å². The van der Waals surface area contributed by atoms with Crippen LogP contribution in [0.4, 0.5) is 0 Å². The van der Waals surface area contributed by atoms with Crippen molar-refractivity contribution < 1.29 is 9.90 Å². The summed E-state index contributed by atoms with van der Waals surface area (Å²) in [5, 5.41) is 14.6. The molecule has 0 aromatic heterocycles. The molecular formula is C22H23NO2. The van der Waals surface area contributed by atoms with Crippen LogP contribution in [-0.2, 0) is 11.2 Å². The third kappa shape index (κ3) is 4.68. The quantitative estimate of drug-likeness (QED) is 0.693. The molecule has 3 rings (SSSR count). The number of carbonyl (C=O) groups is 1. The van der Waals surface area contributed by atoms with Gasteiger partial charge in [-0.2, -0.15) is 0 Å². The molecule has 0 aliphatic carbocycles. The maximum Gasteiger partial charge on any atom is 0.224 e. The SMILES string of the molecule is O=C(Cc1ccc2ccccc2c1)NCC(CCO)c1ccccc1. The number of rotatable bonds is 7. The minimum atomic E-state index is 0.00847. The van der Waals surface area contributed by atoms with E-state index in [4.69, 9.17) is 0 Å². The number of amides is 1. The van der Waals surface area contributed by atoms with Gasteiger partial charge in [0.2, 0.25) is 5.91 Å². The Morgan fingerprint density at radius 3 is 2.40 bits per heavy atom. The van der Waals surface area contributed by atoms with Crippen LogP contribution >= 0.6 is 0 Å². The zero-order chi connectivity index (χ0) is 17.5. The molecule has 1 unspecified atom stereocenters. The molecule has 25 heavy (non-hydrogen) atoms. The Hall–Kier alpha value is -2.65. The second-order valence-electron chi connectivity index (χ2n) is 6.28. The first-order valence-electron chi connectivity index (χ1n) is 8.66. The van der Waals surface area contributed by atoms with Crippen LogP contribution in [0, 0.1) is 0 Å². The second-order valence-corrected chi connectivity index (χ2v) is 6.28. The highest BCUT2D eigenvalue weighted by Gasteiger charge is 2.12. The zero-order valence-corrected chi connectivity index (χ0v) is 14.2. The molecule has 3 nitrogen and oxygen atoms in total. The van der Waals surface area contributed by atoms with Gasteiger partial charge in [0.1, 0.15) is 0 Å². The molecule has 0 aliphatic heterocycles. The van der Waals surface area contributed by atoms with Crippen molar-refractivity contribution in [2.45, 2.75) is 18.8 Å². The van der Waals surface area contributed by atoms with Crippen molar-refractivity contribution in [3.63, 3.8) is 0 Å². The van der Waals surface area contributed by atoms with Gasteiger partial charge in [-0.25, -0.2) is 0 Å². The largest absolute Gasteiger partial charge is 0.396 e. The van der Waals surface area contributed by atoms with Gasteiger partial charge in [-0.3, -0.25) is 4.79 Å². The van der Waals surface area contributed by atoms with E-state index in [0.717, 1.165) is 16.5 Å². The van der Waals surface area contributed by atoms with Gasteiger partial charge in [-0.15, -0.1) is 0 Å². The summed E-state index contributed by atoms with van der Waals surface area (Å²) in [6.45, 7) is 0.650. The van der Waals surface area contributed by atoms with Gasteiger partial charge in [-0.1, -0.05) is 72.8 Å². The van der Waals surface area contributed by atoms with Gasteiger partial charge < -0.3 is 10.4 Å². The highest BCUT2D eigenvalue weighted by Crippen LogP contribution is 2.19. The molecule has 0 fully saturated rings. The molecule has 3 aromatic carbocycles. The van der Waals surface area contributed by atoms with Crippen molar-refractivity contribution in [2.75, 3.05) is 13.2 Å². The molecule has 0 saturated heterocycles. The first-order valence-corrected chi connectivity index (χ1v) is 8.66. The monoisotopic (exact) mass is 333 g/mol. The number of aliphatic hydroxyl groups is 1. The van der Waals surface area contributed by atoms with Crippen LogP contribution in [0.25, 0.3) is 10.8 Å². The molecule has 0 saturated carbocycles. The van der Waals surface area contributed by atoms with Crippen LogP contribution < -0.4 is 5.32 Å². The van der Waals surface area contributed by atoms with E-state index in [1.165, 1.54) is 5.39 Å². The van der Waals surface area contributed by atoms with Crippen LogP contribution in [0.3, 0.4) is 0 Å². The van der Waals surface area contributed by atoms with E-state index >= 15 is 0 Å². The Bertz CT molecular complexity index is 830. The first kappa shape index (κ1) is 17.2. The predicted molar refractivity (Wildman–Crippen MR) is 102 cm³/mol. The molecular weight excluding hydrogens is 310 g/mol. The number of nitrogens with one attached hydrogen (secondary N) is 1. The van der Waals surface area contributed by atoms with E-state index in [2.05, 4.69) is 29.6 Å². The van der Waals surface area contributed by atoms with Crippen molar-refractivity contribution in [1.29, 1.82) is 0 Å². The molecule has 0 aliphatic rings. The number of aliphatic hydroxyl groups excluding tert-OH is 1. The molecule has 1 atom stereocenters. The van der Waals surface area contributed by atoms with Gasteiger partial charge in [0, 0.05) is 19.1 Å². The summed E-state index contributed by atoms with van der Waals surface area (Å²) < 4.78 is 0. The lowest BCUT2D eigenvalue weighted by Gasteiger charge is -2.17. The van der Waals surface area contributed by atoms with Gasteiger partial charge >= 0.3 is 0 Å². The summed E-state index contributed by atoms with van der Waals surface area (Å²) in [7, 11) is 0. The smallest absolute Gasteiger partial charge is 0.224 e. The summed E-state index contributed by atoms with van der Waals surface area (Å²) in [4.78, 5) is 12.3. The van der Waals surface area contributed by atoms with Crippen LogP contribution in [-0.4, -0.2) is 24.2 Å². The summed E-state index contributed by atoms with van der Waals surface area (Å²) in [5.74, 6) is 0.140. The minimum absolute atomic E-state index is 0.00847. The van der Waals surface area contributed by atoms with E-state index in [9.17, 15) is 9.90 Å². The van der Waals surface area contributed by atoms with Crippen LogP contribution in [0.5, 0.6) is 0 Å². The molecule has 0 bridgehead atoms. The number of benzene rings is 3. The topological polar surface area (TPSA) is 49.3 Å². The summed E-state index contributed by atoms with van der Waals surface area (Å²) in [6, 6.07) is 24.3. The normalized spacial score (nSPS) is 12.0. The Kier molecular flexibility index (Phi) is 5.81. The van der Waals surface area contributed by atoms with Crippen molar-refractivity contribution in [1.82, 2.24) is 5.32 Å². The molecule has 0 radical (unpaired) electrons.